The summed E-state index contributed by atoms with van der Waals surface area (Å²) in [5, 5.41) is 8.68. The molecular weight excluding hydrogens is 705 g/mol. The molecule has 2 fully saturated rings. The van der Waals surface area contributed by atoms with E-state index in [0.717, 1.165) is 83.2 Å². The van der Waals surface area contributed by atoms with E-state index < -0.39 is 12.5 Å². The van der Waals surface area contributed by atoms with Crippen molar-refractivity contribution in [2.45, 2.75) is 51.5 Å². The lowest BCUT2D eigenvalue weighted by Crippen LogP contribution is -2.49. The minimum absolute atomic E-state index is 0.00698. The Labute approximate surface area is 316 Å². The van der Waals surface area contributed by atoms with Gasteiger partial charge in [0.1, 0.15) is 0 Å². The van der Waals surface area contributed by atoms with Crippen molar-refractivity contribution in [1.82, 2.24) is 19.7 Å². The van der Waals surface area contributed by atoms with E-state index in [1.165, 1.54) is 11.1 Å². The predicted molar refractivity (Wildman–Crippen MR) is 213 cm³/mol. The van der Waals surface area contributed by atoms with Crippen LogP contribution in [0.1, 0.15) is 54.4 Å². The first kappa shape index (κ1) is 36.0. The number of fused-ring (bicyclic) bond motifs is 3. The van der Waals surface area contributed by atoms with Crippen molar-refractivity contribution >= 4 is 68.4 Å². The molecule has 5 heterocycles. The Kier molecular flexibility index (Phi) is 9.35. The molecule has 14 heteroatoms. The molecule has 0 unspecified atom stereocenters. The lowest BCUT2D eigenvalue weighted by atomic mass is 9.91. The van der Waals surface area contributed by atoms with Crippen molar-refractivity contribution in [1.29, 1.82) is 0 Å². The Bertz CT molecular complexity index is 2480. The Hall–Kier alpha value is -6.05. The number of carbonyl (C=O) groups excluding carboxylic acids is 2. The van der Waals surface area contributed by atoms with E-state index in [1.807, 2.05) is 49.5 Å². The topological polar surface area (TPSA) is 134 Å². The maximum absolute atomic E-state index is 14.9. The Balaban J connectivity index is 1.00. The van der Waals surface area contributed by atoms with Crippen molar-refractivity contribution in [3.8, 4) is 0 Å². The van der Waals surface area contributed by atoms with Crippen LogP contribution >= 0.6 is 0 Å². The first-order chi connectivity index (χ1) is 26.5. The Morgan fingerprint density at radius 1 is 0.927 bits per heavy atom. The van der Waals surface area contributed by atoms with E-state index in [4.69, 9.17) is 10.7 Å². The first-order valence-corrected chi connectivity index (χ1v) is 18.6. The van der Waals surface area contributed by atoms with Crippen LogP contribution in [0.25, 0.3) is 27.4 Å². The van der Waals surface area contributed by atoms with Crippen molar-refractivity contribution in [2.24, 2.45) is 24.8 Å². The van der Waals surface area contributed by atoms with Gasteiger partial charge in [-0.1, -0.05) is 6.07 Å². The zero-order valence-electron chi connectivity index (χ0n) is 31.1. The number of imide groups is 1. The second kappa shape index (κ2) is 14.3. The fourth-order valence-electron chi connectivity index (χ4n) is 8.25. The van der Waals surface area contributed by atoms with Gasteiger partial charge >= 0.3 is 6.03 Å². The third-order valence-corrected chi connectivity index (χ3v) is 11.2. The number of carbonyl (C=O) groups is 2. The van der Waals surface area contributed by atoms with E-state index in [1.54, 1.807) is 35.5 Å². The van der Waals surface area contributed by atoms with Crippen LogP contribution in [0.4, 0.5) is 36.5 Å². The summed E-state index contributed by atoms with van der Waals surface area (Å²) in [6, 6.07) is 16.7. The molecule has 0 radical (unpaired) electrons. The molecule has 0 atom stereocenters. The van der Waals surface area contributed by atoms with Crippen LogP contribution in [-0.4, -0.2) is 64.7 Å². The molecule has 3 aliphatic heterocycles. The summed E-state index contributed by atoms with van der Waals surface area (Å²) in [5.74, 6) is 0.228. The first-order valence-electron chi connectivity index (χ1n) is 18.6. The average molecular weight is 748 g/mol. The molecule has 8 rings (SSSR count). The average Bonchev–Trinajstić information content (AvgIpc) is 3.51. The lowest BCUT2D eigenvalue weighted by molar-refractivity contribution is -0.120. The monoisotopic (exact) mass is 747 g/mol. The van der Waals surface area contributed by atoms with Gasteiger partial charge in [-0.25, -0.2) is 13.6 Å². The highest BCUT2D eigenvalue weighted by Gasteiger charge is 2.29. The number of aromatic nitrogens is 3. The number of anilines is 4. The number of piperidine rings is 1. The fourth-order valence-corrected chi connectivity index (χ4v) is 8.25. The van der Waals surface area contributed by atoms with E-state index in [9.17, 15) is 23.2 Å². The number of hydrogen-bond acceptors (Lipinski definition) is 8. The predicted octanol–water partition coefficient (Wildman–Crippen LogP) is 6.24. The molecule has 55 heavy (non-hydrogen) atoms. The largest absolute Gasteiger partial charge is 0.404 e. The van der Waals surface area contributed by atoms with E-state index in [0.29, 0.717) is 29.1 Å². The summed E-state index contributed by atoms with van der Waals surface area (Å²) in [5.41, 5.74) is 12.7. The van der Waals surface area contributed by atoms with E-state index in [-0.39, 0.29) is 36.0 Å². The van der Waals surface area contributed by atoms with Crippen molar-refractivity contribution < 1.29 is 18.4 Å². The highest BCUT2D eigenvalue weighted by molar-refractivity contribution is 6.11. The van der Waals surface area contributed by atoms with E-state index in [2.05, 4.69) is 26.3 Å². The van der Waals surface area contributed by atoms with Gasteiger partial charge in [-0.2, -0.15) is 5.10 Å². The minimum atomic E-state index is -2.74. The summed E-state index contributed by atoms with van der Waals surface area (Å²) in [7, 11) is 3.59. The molecule has 3 N–H and O–H groups in total. The van der Waals surface area contributed by atoms with E-state index >= 15 is 0 Å². The maximum Gasteiger partial charge on any atom is 0.329 e. The number of benzene rings is 3. The molecule has 12 nitrogen and oxygen atoms in total. The summed E-state index contributed by atoms with van der Waals surface area (Å²) in [6.45, 7) is 4.22. The van der Waals surface area contributed by atoms with Gasteiger partial charge in [0.15, 0.2) is 5.82 Å². The van der Waals surface area contributed by atoms with Crippen molar-refractivity contribution in [2.75, 3.05) is 40.9 Å². The SMILES string of the molecule is Cc1cc2c(N3CCCc4cc(/C(C=NC5CCN(c6ccc7c(N8CCC(=O)NC8=O)nn(C)c7c6)CC5)=C/N)c(C(F)F)cc43)cccc2n(C)c1=O. The highest BCUT2D eigenvalue weighted by Crippen LogP contribution is 2.42. The third-order valence-electron chi connectivity index (χ3n) is 11.2. The quantitative estimate of drug-likeness (QED) is 0.188. The lowest BCUT2D eigenvalue weighted by Gasteiger charge is -2.34. The van der Waals surface area contributed by atoms with Gasteiger partial charge in [0.2, 0.25) is 5.91 Å². The van der Waals surface area contributed by atoms with Gasteiger partial charge < -0.3 is 20.1 Å². The molecule has 0 saturated carbocycles. The zero-order valence-corrected chi connectivity index (χ0v) is 31.1. The number of urea groups is 1. The zero-order chi connectivity index (χ0) is 38.5. The third kappa shape index (κ3) is 6.48. The van der Waals surface area contributed by atoms with Gasteiger partial charge in [-0.3, -0.25) is 29.5 Å². The fraction of sp³-hybridized carbons (Fsp3) is 0.341. The number of amides is 3. The van der Waals surface area contributed by atoms with Gasteiger partial charge in [0, 0.05) is 98.0 Å². The molecule has 3 amide bonds. The minimum Gasteiger partial charge on any atom is -0.404 e. The number of hydrogen-bond donors (Lipinski definition) is 2. The van der Waals surface area contributed by atoms with Crippen LogP contribution in [0.15, 0.2) is 70.6 Å². The number of nitrogens with zero attached hydrogens (tertiary/aromatic N) is 7. The molecule has 0 bridgehead atoms. The van der Waals surface area contributed by atoms with Crippen LogP contribution in [0.3, 0.4) is 0 Å². The molecule has 0 aliphatic carbocycles. The summed E-state index contributed by atoms with van der Waals surface area (Å²) in [4.78, 5) is 47.6. The molecular formula is C41H43F2N9O3. The summed E-state index contributed by atoms with van der Waals surface area (Å²) >= 11 is 0. The molecule has 3 aromatic carbocycles. The highest BCUT2D eigenvalue weighted by atomic mass is 19.3. The Morgan fingerprint density at radius 2 is 1.73 bits per heavy atom. The second-order valence-corrected chi connectivity index (χ2v) is 14.5. The molecule has 5 aromatic rings. The van der Waals surface area contributed by atoms with Gasteiger partial charge in [0.05, 0.1) is 22.8 Å². The smallest absolute Gasteiger partial charge is 0.329 e. The number of halogens is 2. The number of rotatable bonds is 7. The van der Waals surface area contributed by atoms with Crippen LogP contribution in [0, 0.1) is 6.92 Å². The molecule has 0 spiro atoms. The van der Waals surface area contributed by atoms with Gasteiger partial charge in [-0.05, 0) is 92.3 Å². The molecule has 284 valence electrons. The molecule has 3 aliphatic rings. The van der Waals surface area contributed by atoms with Crippen LogP contribution < -0.4 is 31.3 Å². The van der Waals surface area contributed by atoms with Crippen molar-refractivity contribution in [3.63, 3.8) is 0 Å². The normalized spacial score (nSPS) is 17.3. The summed E-state index contributed by atoms with van der Waals surface area (Å²) in [6.07, 6.45) is 3.60. The number of aryl methyl sites for hydroxylation is 4. The standard InChI is InChI=1S/C41H43F2N9O3/c1-24-18-32-33(48(2)40(24)54)7-4-8-34(32)51-14-5-6-25-19-30(31(38(42)43)21-35(25)51)26(22-44)23-45-27-11-15-50(16-12-27)28-9-10-29-36(20-28)49(3)47-39(29)52-17-13-37(53)46-41(52)55/h4,7-10,18-23,27,38H,5-6,11-17,44H2,1-3H3,(H,46,53,55)/b26-22+,45-23?. The van der Waals surface area contributed by atoms with Crippen LogP contribution in [0.5, 0.6) is 0 Å². The van der Waals surface area contributed by atoms with Crippen LogP contribution in [-0.2, 0) is 25.3 Å². The van der Waals surface area contributed by atoms with Gasteiger partial charge in [-0.15, -0.1) is 0 Å². The number of alkyl halides is 2. The molecule has 2 saturated heterocycles. The number of pyridine rings is 1. The summed E-state index contributed by atoms with van der Waals surface area (Å²) < 4.78 is 33.1. The number of nitrogens with one attached hydrogen (secondary N) is 1. The Morgan fingerprint density at radius 3 is 2.47 bits per heavy atom. The second-order valence-electron chi connectivity index (χ2n) is 14.5. The number of aliphatic imine (C=N–C) groups is 1. The molecule has 2 aromatic heterocycles. The number of allylic oxidation sites excluding steroid dienone is 1. The maximum atomic E-state index is 14.9. The van der Waals surface area contributed by atoms with Crippen LogP contribution in [0.2, 0.25) is 0 Å². The van der Waals surface area contributed by atoms with Gasteiger partial charge in [0.25, 0.3) is 12.0 Å². The van der Waals surface area contributed by atoms with Crippen molar-refractivity contribution in [3.05, 3.63) is 93.4 Å². The number of nitrogens with two attached hydrogens (primary N) is 1.